The summed E-state index contributed by atoms with van der Waals surface area (Å²) < 4.78 is 26.6. The molecule has 0 aromatic carbocycles. The van der Waals surface area contributed by atoms with Gasteiger partial charge in [0.05, 0.1) is 12.7 Å². The number of carbonyl (C=O) groups is 1. The molecule has 0 fully saturated rings. The van der Waals surface area contributed by atoms with Crippen LogP contribution in [-0.2, 0) is 14.6 Å². The van der Waals surface area contributed by atoms with E-state index in [2.05, 4.69) is 4.74 Å². The molecule has 13 heavy (non-hydrogen) atoms. The SMILES string of the molecule is COC(=O)c1csc(S(C)(=O)=O)c1. The highest BCUT2D eigenvalue weighted by molar-refractivity contribution is 7.92. The molecule has 0 amide bonds. The van der Waals surface area contributed by atoms with Crippen LogP contribution in [0.2, 0.25) is 0 Å². The van der Waals surface area contributed by atoms with Crippen molar-refractivity contribution in [3.8, 4) is 0 Å². The highest BCUT2D eigenvalue weighted by Gasteiger charge is 2.14. The van der Waals surface area contributed by atoms with Gasteiger partial charge in [-0.3, -0.25) is 0 Å². The van der Waals surface area contributed by atoms with E-state index in [0.717, 1.165) is 17.6 Å². The Morgan fingerprint density at radius 3 is 2.54 bits per heavy atom. The van der Waals surface area contributed by atoms with Crippen molar-refractivity contribution in [1.82, 2.24) is 0 Å². The Balaban J connectivity index is 3.07. The highest BCUT2D eigenvalue weighted by Crippen LogP contribution is 2.20. The molecule has 0 saturated carbocycles. The van der Waals surface area contributed by atoms with Crippen molar-refractivity contribution in [3.63, 3.8) is 0 Å². The third-order valence-electron chi connectivity index (χ3n) is 1.36. The number of methoxy groups -OCH3 is 1. The first-order chi connectivity index (χ1) is 5.95. The number of ether oxygens (including phenoxy) is 1. The Labute approximate surface area is 80.1 Å². The Bertz CT molecular complexity index is 415. The number of rotatable bonds is 2. The molecule has 0 bridgehead atoms. The lowest BCUT2D eigenvalue weighted by molar-refractivity contribution is 0.0601. The van der Waals surface area contributed by atoms with Crippen LogP contribution < -0.4 is 0 Å². The zero-order chi connectivity index (χ0) is 10.1. The summed E-state index contributed by atoms with van der Waals surface area (Å²) in [5.41, 5.74) is 0.271. The van der Waals surface area contributed by atoms with Gasteiger partial charge in [-0.2, -0.15) is 0 Å². The summed E-state index contributed by atoms with van der Waals surface area (Å²) >= 11 is 1.01. The van der Waals surface area contributed by atoms with Crippen molar-refractivity contribution in [2.24, 2.45) is 0 Å². The summed E-state index contributed by atoms with van der Waals surface area (Å²) in [6.45, 7) is 0. The number of hydrogen-bond acceptors (Lipinski definition) is 5. The molecule has 0 atom stereocenters. The van der Waals surface area contributed by atoms with Gasteiger partial charge < -0.3 is 4.74 Å². The Kier molecular flexibility index (Phi) is 2.72. The first kappa shape index (κ1) is 10.2. The van der Waals surface area contributed by atoms with Gasteiger partial charge in [0.15, 0.2) is 9.84 Å². The fourth-order valence-corrected chi connectivity index (χ4v) is 2.52. The van der Waals surface area contributed by atoms with Gasteiger partial charge in [-0.1, -0.05) is 0 Å². The zero-order valence-corrected chi connectivity index (χ0v) is 8.74. The van der Waals surface area contributed by atoms with Crippen LogP contribution in [-0.4, -0.2) is 27.8 Å². The molecule has 1 heterocycles. The fourth-order valence-electron chi connectivity index (χ4n) is 0.736. The van der Waals surface area contributed by atoms with Gasteiger partial charge in [-0.15, -0.1) is 11.3 Å². The van der Waals surface area contributed by atoms with Crippen LogP contribution in [0.25, 0.3) is 0 Å². The standard InChI is InChI=1S/C7H8O4S2/c1-11-7(8)5-3-6(12-4-5)13(2,9)10/h3-4H,1-2H3. The quantitative estimate of drug-likeness (QED) is 0.696. The van der Waals surface area contributed by atoms with Gasteiger partial charge in [0.1, 0.15) is 4.21 Å². The molecule has 0 aliphatic rings. The largest absolute Gasteiger partial charge is 0.465 e. The number of sulfone groups is 1. The molecule has 0 aliphatic carbocycles. The third kappa shape index (κ3) is 2.28. The second kappa shape index (κ2) is 3.47. The van der Waals surface area contributed by atoms with Crippen molar-refractivity contribution in [2.45, 2.75) is 4.21 Å². The van der Waals surface area contributed by atoms with Crippen LogP contribution >= 0.6 is 11.3 Å². The van der Waals surface area contributed by atoms with Crippen LogP contribution in [0.5, 0.6) is 0 Å². The van der Waals surface area contributed by atoms with Crippen molar-refractivity contribution in [2.75, 3.05) is 13.4 Å². The molecule has 0 saturated heterocycles. The van der Waals surface area contributed by atoms with E-state index in [1.54, 1.807) is 0 Å². The number of thiophene rings is 1. The summed E-state index contributed by atoms with van der Waals surface area (Å²) in [5, 5.41) is 1.46. The van der Waals surface area contributed by atoms with Crippen molar-refractivity contribution in [1.29, 1.82) is 0 Å². The van der Waals surface area contributed by atoms with E-state index in [1.165, 1.54) is 18.6 Å². The van der Waals surface area contributed by atoms with E-state index in [-0.39, 0.29) is 9.77 Å². The maximum absolute atomic E-state index is 11.0. The van der Waals surface area contributed by atoms with Crippen LogP contribution in [0.4, 0.5) is 0 Å². The Morgan fingerprint density at radius 1 is 1.54 bits per heavy atom. The summed E-state index contributed by atoms with van der Waals surface area (Å²) in [6.07, 6.45) is 1.10. The second-order valence-corrected chi connectivity index (χ2v) is 5.57. The second-order valence-electron chi connectivity index (χ2n) is 2.42. The summed E-state index contributed by atoms with van der Waals surface area (Å²) in [4.78, 5) is 10.9. The van der Waals surface area contributed by atoms with Gasteiger partial charge in [0.2, 0.25) is 0 Å². The van der Waals surface area contributed by atoms with E-state index in [4.69, 9.17) is 0 Å². The molecule has 4 nitrogen and oxygen atoms in total. The monoisotopic (exact) mass is 220 g/mol. The van der Waals surface area contributed by atoms with Gasteiger partial charge in [-0.05, 0) is 6.07 Å². The summed E-state index contributed by atoms with van der Waals surface area (Å²) in [5.74, 6) is -0.522. The third-order valence-corrected chi connectivity index (χ3v) is 4.13. The molecule has 0 radical (unpaired) electrons. The number of esters is 1. The molecule has 1 aromatic rings. The first-order valence-electron chi connectivity index (χ1n) is 3.32. The lowest BCUT2D eigenvalue weighted by Crippen LogP contribution is -1.99. The molecule has 6 heteroatoms. The van der Waals surface area contributed by atoms with E-state index in [1.807, 2.05) is 0 Å². The minimum absolute atomic E-state index is 0.174. The summed E-state index contributed by atoms with van der Waals surface area (Å²) in [6, 6.07) is 1.31. The Hall–Kier alpha value is -0.880. The normalized spacial score (nSPS) is 11.2. The lowest BCUT2D eigenvalue weighted by Gasteiger charge is -1.92. The van der Waals surface area contributed by atoms with Crippen molar-refractivity contribution >= 4 is 27.1 Å². The van der Waals surface area contributed by atoms with E-state index < -0.39 is 15.8 Å². The highest BCUT2D eigenvalue weighted by atomic mass is 32.2. The lowest BCUT2D eigenvalue weighted by atomic mass is 10.3. The molecule has 1 rings (SSSR count). The Morgan fingerprint density at radius 2 is 2.15 bits per heavy atom. The van der Waals surface area contributed by atoms with Crippen LogP contribution in [0, 0.1) is 0 Å². The van der Waals surface area contributed by atoms with Crippen molar-refractivity contribution < 1.29 is 17.9 Å². The zero-order valence-electron chi connectivity index (χ0n) is 7.10. The average molecular weight is 220 g/mol. The predicted molar refractivity (Wildman–Crippen MR) is 48.8 cm³/mol. The fraction of sp³-hybridized carbons (Fsp3) is 0.286. The van der Waals surface area contributed by atoms with Crippen LogP contribution in [0.3, 0.4) is 0 Å². The van der Waals surface area contributed by atoms with Gasteiger partial charge in [0.25, 0.3) is 0 Å². The van der Waals surface area contributed by atoms with Crippen molar-refractivity contribution in [3.05, 3.63) is 17.0 Å². The molecule has 0 unspecified atom stereocenters. The minimum atomic E-state index is -3.21. The average Bonchev–Trinajstić information content (AvgIpc) is 2.50. The predicted octanol–water partition coefficient (Wildman–Crippen LogP) is 0.938. The minimum Gasteiger partial charge on any atom is -0.465 e. The maximum Gasteiger partial charge on any atom is 0.338 e. The van der Waals surface area contributed by atoms with E-state index in [9.17, 15) is 13.2 Å². The summed E-state index contributed by atoms with van der Waals surface area (Å²) in [7, 11) is -1.96. The number of hydrogen-bond donors (Lipinski definition) is 0. The smallest absolute Gasteiger partial charge is 0.338 e. The van der Waals surface area contributed by atoms with Gasteiger partial charge >= 0.3 is 5.97 Å². The molecule has 72 valence electrons. The molecular formula is C7H8O4S2. The van der Waals surface area contributed by atoms with E-state index in [0.29, 0.717) is 0 Å². The van der Waals surface area contributed by atoms with Gasteiger partial charge in [-0.25, -0.2) is 13.2 Å². The van der Waals surface area contributed by atoms with Gasteiger partial charge in [0, 0.05) is 11.6 Å². The topological polar surface area (TPSA) is 60.4 Å². The van der Waals surface area contributed by atoms with Crippen LogP contribution in [0.1, 0.15) is 10.4 Å². The molecular weight excluding hydrogens is 212 g/mol. The van der Waals surface area contributed by atoms with Crippen LogP contribution in [0.15, 0.2) is 15.7 Å². The molecule has 0 aliphatic heterocycles. The molecule has 1 aromatic heterocycles. The number of carbonyl (C=O) groups excluding carboxylic acids is 1. The first-order valence-corrected chi connectivity index (χ1v) is 6.09. The molecule has 0 N–H and O–H groups in total. The van der Waals surface area contributed by atoms with E-state index >= 15 is 0 Å². The molecule has 0 spiro atoms. The maximum atomic E-state index is 11.0.